The van der Waals surface area contributed by atoms with Gasteiger partial charge in [0.2, 0.25) is 0 Å². The van der Waals surface area contributed by atoms with Gasteiger partial charge in [0.15, 0.2) is 5.82 Å². The summed E-state index contributed by atoms with van der Waals surface area (Å²) in [7, 11) is 1.76. The summed E-state index contributed by atoms with van der Waals surface area (Å²) in [5, 5.41) is 16.6. The highest BCUT2D eigenvalue weighted by Gasteiger charge is 2.32. The number of aryl methyl sites for hydroxylation is 2. The Kier molecular flexibility index (Phi) is 8.38. The Hall–Kier alpha value is -4.45. The second-order valence-electron chi connectivity index (χ2n) is 9.66. The van der Waals surface area contributed by atoms with E-state index >= 15 is 0 Å². The van der Waals surface area contributed by atoms with Crippen molar-refractivity contribution >= 4 is 28.9 Å². The van der Waals surface area contributed by atoms with Crippen LogP contribution in [0, 0.1) is 13.8 Å². The van der Waals surface area contributed by atoms with Crippen LogP contribution in [0.5, 0.6) is 0 Å². The Morgan fingerprint density at radius 1 is 1.02 bits per heavy atom. The van der Waals surface area contributed by atoms with Crippen LogP contribution in [0.15, 0.2) is 54.9 Å². The van der Waals surface area contributed by atoms with Crippen molar-refractivity contribution in [3.8, 4) is 5.82 Å². The van der Waals surface area contributed by atoms with Crippen molar-refractivity contribution < 1.29 is 18.0 Å². The molecule has 4 aromatic rings. The van der Waals surface area contributed by atoms with E-state index in [0.717, 1.165) is 23.4 Å². The lowest BCUT2D eigenvalue weighted by Crippen LogP contribution is -2.23. The van der Waals surface area contributed by atoms with E-state index in [-0.39, 0.29) is 18.2 Å². The van der Waals surface area contributed by atoms with Crippen LogP contribution in [0.1, 0.15) is 46.6 Å². The molecule has 1 amide bonds. The van der Waals surface area contributed by atoms with Crippen LogP contribution in [0.25, 0.3) is 5.82 Å². The van der Waals surface area contributed by atoms with Gasteiger partial charge in [-0.1, -0.05) is 19.9 Å². The van der Waals surface area contributed by atoms with Gasteiger partial charge in [-0.05, 0) is 55.3 Å². The quantitative estimate of drug-likeness (QED) is 0.207. The van der Waals surface area contributed by atoms with Crippen molar-refractivity contribution in [2.24, 2.45) is 0 Å². The zero-order valence-electron chi connectivity index (χ0n) is 22.8. The normalized spacial score (nSPS) is 11.5. The monoisotopic (exact) mass is 552 g/mol. The van der Waals surface area contributed by atoms with Gasteiger partial charge in [0, 0.05) is 48.7 Å². The van der Waals surface area contributed by atoms with Crippen molar-refractivity contribution in [1.29, 1.82) is 0 Å². The van der Waals surface area contributed by atoms with E-state index in [0.29, 0.717) is 34.4 Å². The topological polar surface area (TPSA) is 109 Å². The second kappa shape index (κ2) is 11.7. The van der Waals surface area contributed by atoms with Crippen molar-refractivity contribution in [2.45, 2.75) is 46.5 Å². The van der Waals surface area contributed by atoms with Crippen LogP contribution in [0.2, 0.25) is 0 Å². The molecule has 0 saturated carbocycles. The third-order valence-electron chi connectivity index (χ3n) is 6.01. The predicted molar refractivity (Wildman–Crippen MR) is 149 cm³/mol. The third kappa shape index (κ3) is 6.94. The van der Waals surface area contributed by atoms with Gasteiger partial charge in [-0.3, -0.25) is 4.79 Å². The standard InChI is InChI=1S/C28H31F3N8O/c1-16(2)33-14-19-9-20(11-21(10-19)28(29,30)31)27(40)36-22-7-6-17(3)23(12-22)37-26-8-18(4)38-39(26)25-13-24(32-5)34-15-35-25/h6-13,15-16,33,37H,14H2,1-5H3,(H,36,40)(H,32,34,35). The Balaban J connectivity index is 1.60. The lowest BCUT2D eigenvalue weighted by atomic mass is 10.0. The van der Waals surface area contributed by atoms with E-state index in [2.05, 4.69) is 36.3 Å². The number of amides is 1. The van der Waals surface area contributed by atoms with E-state index in [1.807, 2.05) is 33.8 Å². The molecule has 2 aromatic heterocycles. The summed E-state index contributed by atoms with van der Waals surface area (Å²) >= 11 is 0. The molecule has 210 valence electrons. The van der Waals surface area contributed by atoms with Gasteiger partial charge in [-0.2, -0.15) is 23.0 Å². The van der Waals surface area contributed by atoms with E-state index < -0.39 is 17.6 Å². The van der Waals surface area contributed by atoms with Crippen molar-refractivity contribution in [3.63, 3.8) is 0 Å². The number of carbonyl (C=O) groups is 1. The summed E-state index contributed by atoms with van der Waals surface area (Å²) in [6.07, 6.45) is -3.15. The molecule has 4 rings (SSSR count). The molecule has 0 unspecified atom stereocenters. The maximum absolute atomic E-state index is 13.6. The van der Waals surface area contributed by atoms with E-state index in [1.165, 1.54) is 12.4 Å². The molecule has 0 spiro atoms. The van der Waals surface area contributed by atoms with Crippen LogP contribution in [0.3, 0.4) is 0 Å². The number of anilines is 4. The molecule has 4 N–H and O–H groups in total. The van der Waals surface area contributed by atoms with Crippen molar-refractivity contribution in [3.05, 3.63) is 82.8 Å². The molecule has 2 aromatic carbocycles. The molecule has 2 heterocycles. The lowest BCUT2D eigenvalue weighted by Gasteiger charge is -2.15. The van der Waals surface area contributed by atoms with Gasteiger partial charge in [0.05, 0.1) is 11.3 Å². The van der Waals surface area contributed by atoms with Crippen LogP contribution in [-0.2, 0) is 12.7 Å². The number of halogens is 3. The first-order chi connectivity index (χ1) is 18.9. The number of nitrogens with one attached hydrogen (secondary N) is 4. The van der Waals surface area contributed by atoms with Gasteiger partial charge in [0.1, 0.15) is 18.0 Å². The molecule has 0 fully saturated rings. The molecule has 0 bridgehead atoms. The number of alkyl halides is 3. The summed E-state index contributed by atoms with van der Waals surface area (Å²) in [5.41, 5.74) is 2.14. The number of aromatic nitrogens is 4. The van der Waals surface area contributed by atoms with Gasteiger partial charge < -0.3 is 21.3 Å². The van der Waals surface area contributed by atoms with E-state index in [4.69, 9.17) is 0 Å². The number of hydrogen-bond donors (Lipinski definition) is 4. The molecule has 0 aliphatic carbocycles. The fourth-order valence-electron chi connectivity index (χ4n) is 3.95. The highest BCUT2D eigenvalue weighted by molar-refractivity contribution is 6.04. The Morgan fingerprint density at radius 3 is 2.50 bits per heavy atom. The summed E-state index contributed by atoms with van der Waals surface area (Å²) in [6, 6.07) is 12.3. The van der Waals surface area contributed by atoms with Gasteiger partial charge >= 0.3 is 6.18 Å². The van der Waals surface area contributed by atoms with Crippen molar-refractivity contribution in [1.82, 2.24) is 25.1 Å². The lowest BCUT2D eigenvalue weighted by molar-refractivity contribution is -0.137. The zero-order chi connectivity index (χ0) is 29.0. The first-order valence-electron chi connectivity index (χ1n) is 12.6. The van der Waals surface area contributed by atoms with Gasteiger partial charge in [0.25, 0.3) is 5.91 Å². The molecule has 40 heavy (non-hydrogen) atoms. The Bertz CT molecular complexity index is 1510. The number of nitrogens with zero attached hydrogens (tertiary/aromatic N) is 4. The van der Waals surface area contributed by atoms with Crippen LogP contribution < -0.4 is 21.3 Å². The minimum absolute atomic E-state index is 0.0742. The molecule has 0 saturated heterocycles. The fraction of sp³-hybridized carbons (Fsp3) is 0.286. The average Bonchev–Trinajstić information content (AvgIpc) is 3.28. The number of carbonyl (C=O) groups excluding carboxylic acids is 1. The average molecular weight is 553 g/mol. The summed E-state index contributed by atoms with van der Waals surface area (Å²) in [6.45, 7) is 7.74. The maximum atomic E-state index is 13.6. The molecule has 9 nitrogen and oxygen atoms in total. The Morgan fingerprint density at radius 2 is 1.80 bits per heavy atom. The first kappa shape index (κ1) is 28.6. The zero-order valence-corrected chi connectivity index (χ0v) is 22.8. The number of benzene rings is 2. The molecular weight excluding hydrogens is 521 g/mol. The molecule has 0 aliphatic heterocycles. The minimum atomic E-state index is -4.58. The van der Waals surface area contributed by atoms with Crippen molar-refractivity contribution in [2.75, 3.05) is 23.0 Å². The molecular formula is C28H31F3N8O. The summed E-state index contributed by atoms with van der Waals surface area (Å²) in [5.74, 6) is 1.16. The molecule has 0 atom stereocenters. The molecule has 0 aliphatic rings. The largest absolute Gasteiger partial charge is 0.416 e. The summed E-state index contributed by atoms with van der Waals surface area (Å²) < 4.78 is 42.3. The highest BCUT2D eigenvalue weighted by Crippen LogP contribution is 2.31. The smallest absolute Gasteiger partial charge is 0.373 e. The third-order valence-corrected chi connectivity index (χ3v) is 6.01. The van der Waals surface area contributed by atoms with Gasteiger partial charge in [-0.25, -0.2) is 9.97 Å². The Labute approximate surface area is 230 Å². The van der Waals surface area contributed by atoms with Crippen LogP contribution in [0.4, 0.5) is 36.2 Å². The van der Waals surface area contributed by atoms with E-state index in [1.54, 1.807) is 36.0 Å². The maximum Gasteiger partial charge on any atom is 0.416 e. The molecule has 0 radical (unpaired) electrons. The first-order valence-corrected chi connectivity index (χ1v) is 12.6. The van der Waals surface area contributed by atoms with Crippen LogP contribution >= 0.6 is 0 Å². The predicted octanol–water partition coefficient (Wildman–Crippen LogP) is 5.83. The minimum Gasteiger partial charge on any atom is -0.373 e. The second-order valence-corrected chi connectivity index (χ2v) is 9.66. The fourth-order valence-corrected chi connectivity index (χ4v) is 3.95. The highest BCUT2D eigenvalue weighted by atomic mass is 19.4. The summed E-state index contributed by atoms with van der Waals surface area (Å²) in [4.78, 5) is 21.5. The SMILES string of the molecule is CNc1cc(-n2nc(C)cc2Nc2cc(NC(=O)c3cc(CNC(C)C)cc(C(F)(F)F)c3)ccc2C)ncn1. The molecule has 12 heteroatoms. The van der Waals surface area contributed by atoms with Gasteiger partial charge in [-0.15, -0.1) is 0 Å². The van der Waals surface area contributed by atoms with Crippen LogP contribution in [-0.4, -0.2) is 38.7 Å². The number of hydrogen-bond acceptors (Lipinski definition) is 7. The van der Waals surface area contributed by atoms with E-state index in [9.17, 15) is 18.0 Å². The number of rotatable bonds is 9.